The molecule has 0 fully saturated rings. The lowest BCUT2D eigenvalue weighted by Crippen LogP contribution is -2.42. The van der Waals surface area contributed by atoms with Gasteiger partial charge in [-0.3, -0.25) is 4.79 Å². The van der Waals surface area contributed by atoms with Gasteiger partial charge in [0.2, 0.25) is 15.9 Å². The number of benzene rings is 3. The molecule has 1 N–H and O–H groups in total. The second kappa shape index (κ2) is 10.0. The number of hydrogen-bond acceptors (Lipinski definition) is 3. The molecule has 0 bridgehead atoms. The third kappa shape index (κ3) is 5.43. The minimum atomic E-state index is -4.08. The van der Waals surface area contributed by atoms with E-state index in [0.717, 1.165) is 29.1 Å². The van der Waals surface area contributed by atoms with Crippen LogP contribution in [0.1, 0.15) is 35.6 Å². The van der Waals surface area contributed by atoms with Crippen LogP contribution in [-0.4, -0.2) is 25.2 Å². The molecule has 0 aliphatic heterocycles. The Balaban J connectivity index is 1.59. The van der Waals surface area contributed by atoms with Gasteiger partial charge in [0.15, 0.2) is 0 Å². The second-order valence-electron chi connectivity index (χ2n) is 8.03. The molecule has 172 valence electrons. The van der Waals surface area contributed by atoms with Gasteiger partial charge < -0.3 is 5.32 Å². The number of rotatable bonds is 7. The number of nitrogens with one attached hydrogen (secondary N) is 1. The van der Waals surface area contributed by atoms with Crippen molar-refractivity contribution in [1.29, 1.82) is 0 Å². The molecule has 1 amide bonds. The Morgan fingerprint density at radius 1 is 1.03 bits per heavy atom. The van der Waals surface area contributed by atoms with Crippen molar-refractivity contribution in [3.8, 4) is 0 Å². The van der Waals surface area contributed by atoms with E-state index in [9.17, 15) is 17.6 Å². The first kappa shape index (κ1) is 23.4. The Morgan fingerprint density at radius 2 is 1.73 bits per heavy atom. The maximum Gasteiger partial charge on any atom is 0.243 e. The van der Waals surface area contributed by atoms with E-state index in [1.54, 1.807) is 6.07 Å². The number of amides is 1. The lowest BCUT2D eigenvalue weighted by molar-refractivity contribution is -0.122. The topological polar surface area (TPSA) is 66.5 Å². The van der Waals surface area contributed by atoms with Crippen molar-refractivity contribution in [1.82, 2.24) is 9.62 Å². The summed E-state index contributed by atoms with van der Waals surface area (Å²) in [5, 5.41) is 3.37. The number of carbonyl (C=O) groups is 1. The van der Waals surface area contributed by atoms with Crippen LogP contribution in [0.5, 0.6) is 0 Å². The number of hydrogen-bond donors (Lipinski definition) is 1. The summed E-state index contributed by atoms with van der Waals surface area (Å²) in [6.07, 6.45) is 2.66. The van der Waals surface area contributed by atoms with E-state index in [2.05, 4.69) is 5.32 Å². The second-order valence-corrected chi connectivity index (χ2v) is 10.4. The van der Waals surface area contributed by atoms with Crippen LogP contribution in [0, 0.1) is 5.82 Å². The van der Waals surface area contributed by atoms with E-state index in [-0.39, 0.29) is 23.0 Å². The van der Waals surface area contributed by atoms with Gasteiger partial charge in [-0.1, -0.05) is 54.1 Å². The molecule has 0 heterocycles. The summed E-state index contributed by atoms with van der Waals surface area (Å²) >= 11 is 5.90. The van der Waals surface area contributed by atoms with Gasteiger partial charge in [0.05, 0.1) is 17.5 Å². The van der Waals surface area contributed by atoms with Crippen molar-refractivity contribution in [3.63, 3.8) is 0 Å². The average molecular weight is 487 g/mol. The number of halogens is 2. The van der Waals surface area contributed by atoms with Crippen molar-refractivity contribution in [2.45, 2.75) is 36.7 Å². The maximum absolute atomic E-state index is 14.3. The normalized spacial score (nSPS) is 15.8. The standard InChI is InChI=1S/C25H24ClFN2O3S/c26-20-12-14-21(15-13-20)33(31,32)29(16-19-7-2-4-10-23(19)27)17-25(30)28-24-11-5-8-18-6-1-3-9-22(18)24/h1-4,6-7,9-10,12-15,24H,5,8,11,16-17H2,(H,28,30). The summed E-state index contributed by atoms with van der Waals surface area (Å²) in [6.45, 7) is -0.704. The number of carbonyl (C=O) groups excluding carboxylic acids is 1. The van der Waals surface area contributed by atoms with Gasteiger partial charge in [-0.05, 0) is 60.7 Å². The summed E-state index contributed by atoms with van der Waals surface area (Å²) in [5.74, 6) is -0.971. The molecular weight excluding hydrogens is 463 g/mol. The summed E-state index contributed by atoms with van der Waals surface area (Å²) in [6, 6.07) is 19.4. The summed E-state index contributed by atoms with van der Waals surface area (Å²) in [4.78, 5) is 13.0. The highest BCUT2D eigenvalue weighted by molar-refractivity contribution is 7.89. The van der Waals surface area contributed by atoms with Crippen LogP contribution in [0.25, 0.3) is 0 Å². The van der Waals surface area contributed by atoms with Crippen LogP contribution in [0.3, 0.4) is 0 Å². The lowest BCUT2D eigenvalue weighted by atomic mass is 9.88. The van der Waals surface area contributed by atoms with Crippen LogP contribution in [0.15, 0.2) is 77.7 Å². The molecule has 8 heteroatoms. The fourth-order valence-corrected chi connectivity index (χ4v) is 5.60. The SMILES string of the molecule is O=C(CN(Cc1ccccc1F)S(=O)(=O)c1ccc(Cl)cc1)NC1CCCc2ccccc21. The van der Waals surface area contributed by atoms with E-state index in [4.69, 9.17) is 11.6 Å². The maximum atomic E-state index is 14.3. The third-order valence-corrected chi connectivity index (χ3v) is 7.84. The molecule has 1 atom stereocenters. The number of aryl methyl sites for hydroxylation is 1. The van der Waals surface area contributed by atoms with Gasteiger partial charge in [-0.15, -0.1) is 0 Å². The predicted molar refractivity (Wildman–Crippen MR) is 126 cm³/mol. The van der Waals surface area contributed by atoms with Crippen molar-refractivity contribution in [2.24, 2.45) is 0 Å². The largest absolute Gasteiger partial charge is 0.348 e. The van der Waals surface area contributed by atoms with E-state index >= 15 is 0 Å². The van der Waals surface area contributed by atoms with Crippen LogP contribution in [-0.2, 0) is 27.8 Å². The molecule has 0 saturated carbocycles. The monoisotopic (exact) mass is 486 g/mol. The van der Waals surface area contributed by atoms with Gasteiger partial charge in [0, 0.05) is 17.1 Å². The molecule has 33 heavy (non-hydrogen) atoms. The highest BCUT2D eigenvalue weighted by Gasteiger charge is 2.29. The van der Waals surface area contributed by atoms with Gasteiger partial charge in [0.1, 0.15) is 5.82 Å². The summed E-state index contributed by atoms with van der Waals surface area (Å²) in [5.41, 5.74) is 2.43. The molecule has 3 aromatic carbocycles. The lowest BCUT2D eigenvalue weighted by Gasteiger charge is -2.28. The zero-order chi connectivity index (χ0) is 23.4. The summed E-state index contributed by atoms with van der Waals surface area (Å²) in [7, 11) is -4.08. The van der Waals surface area contributed by atoms with Gasteiger partial charge in [0.25, 0.3) is 0 Å². The third-order valence-electron chi connectivity index (χ3n) is 5.78. The van der Waals surface area contributed by atoms with Gasteiger partial charge in [-0.2, -0.15) is 4.31 Å². The Labute approximate surface area is 198 Å². The molecule has 0 radical (unpaired) electrons. The Hall–Kier alpha value is -2.74. The van der Waals surface area contributed by atoms with Crippen molar-refractivity contribution in [2.75, 3.05) is 6.54 Å². The Morgan fingerprint density at radius 3 is 2.48 bits per heavy atom. The van der Waals surface area contributed by atoms with Crippen LogP contribution in [0.2, 0.25) is 5.02 Å². The minimum absolute atomic E-state index is 0.0148. The summed E-state index contributed by atoms with van der Waals surface area (Å²) < 4.78 is 42.1. The molecule has 1 unspecified atom stereocenters. The van der Waals surface area contributed by atoms with Gasteiger partial charge >= 0.3 is 0 Å². The first-order valence-corrected chi connectivity index (χ1v) is 12.5. The van der Waals surface area contributed by atoms with Crippen molar-refractivity contribution in [3.05, 3.63) is 100 Å². The van der Waals surface area contributed by atoms with Gasteiger partial charge in [-0.25, -0.2) is 12.8 Å². The Bertz CT molecular complexity index is 1250. The van der Waals surface area contributed by atoms with Crippen molar-refractivity contribution < 1.29 is 17.6 Å². The quantitative estimate of drug-likeness (QED) is 0.518. The van der Waals surface area contributed by atoms with E-state index in [1.807, 2.05) is 24.3 Å². The molecular formula is C25H24ClFN2O3S. The van der Waals surface area contributed by atoms with E-state index in [0.29, 0.717) is 5.02 Å². The van der Waals surface area contributed by atoms with E-state index < -0.39 is 28.3 Å². The zero-order valence-electron chi connectivity index (χ0n) is 17.9. The first-order chi connectivity index (χ1) is 15.8. The molecule has 0 spiro atoms. The van der Waals surface area contributed by atoms with Crippen LogP contribution in [0.4, 0.5) is 4.39 Å². The fraction of sp³-hybridized carbons (Fsp3) is 0.240. The van der Waals surface area contributed by atoms with Crippen molar-refractivity contribution >= 4 is 27.5 Å². The number of nitrogens with zero attached hydrogens (tertiary/aromatic N) is 1. The minimum Gasteiger partial charge on any atom is -0.348 e. The van der Waals surface area contributed by atoms with Crippen LogP contribution >= 0.6 is 11.6 Å². The average Bonchev–Trinajstić information content (AvgIpc) is 2.80. The fourth-order valence-electron chi connectivity index (χ4n) is 4.10. The predicted octanol–water partition coefficient (Wildman–Crippen LogP) is 4.86. The zero-order valence-corrected chi connectivity index (χ0v) is 19.4. The molecule has 1 aliphatic rings. The van der Waals surface area contributed by atoms with Crippen LogP contribution < -0.4 is 5.32 Å². The smallest absolute Gasteiger partial charge is 0.243 e. The number of sulfonamides is 1. The molecule has 5 nitrogen and oxygen atoms in total. The number of fused-ring (bicyclic) bond motifs is 1. The first-order valence-electron chi connectivity index (χ1n) is 10.7. The molecule has 4 rings (SSSR count). The Kier molecular flexibility index (Phi) is 7.12. The highest BCUT2D eigenvalue weighted by Crippen LogP contribution is 2.29. The molecule has 0 saturated heterocycles. The highest BCUT2D eigenvalue weighted by atomic mass is 35.5. The molecule has 1 aliphatic carbocycles. The molecule has 3 aromatic rings. The van der Waals surface area contributed by atoms with E-state index in [1.165, 1.54) is 48.0 Å². The molecule has 0 aromatic heterocycles.